The van der Waals surface area contributed by atoms with E-state index in [-0.39, 0.29) is 25.0 Å². The van der Waals surface area contributed by atoms with Gasteiger partial charge >= 0.3 is 0 Å². The van der Waals surface area contributed by atoms with Crippen molar-refractivity contribution in [3.63, 3.8) is 0 Å². The number of amides is 2. The second-order valence-electron chi connectivity index (χ2n) is 6.00. The molecule has 2 atom stereocenters. The molecule has 2 aromatic rings. The summed E-state index contributed by atoms with van der Waals surface area (Å²) >= 11 is 0. The van der Waals surface area contributed by atoms with Gasteiger partial charge in [-0.15, -0.1) is 0 Å². The second kappa shape index (κ2) is 7.04. The van der Waals surface area contributed by atoms with Gasteiger partial charge in [-0.3, -0.25) is 14.3 Å². The SMILES string of the molecule is Cc1cc(C(=O)Nc2ccc(C(O)C3COCC(=O)N3)cc2)n(C)n1. The third-order valence-electron chi connectivity index (χ3n) is 4.00. The summed E-state index contributed by atoms with van der Waals surface area (Å²) in [7, 11) is 1.71. The first-order chi connectivity index (χ1) is 11.9. The molecule has 1 aromatic heterocycles. The molecule has 2 heterocycles. The number of aryl methyl sites for hydroxylation is 2. The van der Waals surface area contributed by atoms with Crippen molar-refractivity contribution in [3.8, 4) is 0 Å². The Morgan fingerprint density at radius 2 is 2.16 bits per heavy atom. The number of benzene rings is 1. The Kier molecular flexibility index (Phi) is 4.82. The van der Waals surface area contributed by atoms with Crippen LogP contribution in [0.25, 0.3) is 0 Å². The van der Waals surface area contributed by atoms with Gasteiger partial charge in [-0.1, -0.05) is 12.1 Å². The molecule has 1 aromatic carbocycles. The minimum absolute atomic E-state index is 0.0156. The van der Waals surface area contributed by atoms with Gasteiger partial charge in [0.2, 0.25) is 5.91 Å². The van der Waals surface area contributed by atoms with Crippen molar-refractivity contribution in [1.82, 2.24) is 15.1 Å². The number of morpholine rings is 1. The van der Waals surface area contributed by atoms with Crippen LogP contribution in [-0.4, -0.2) is 46.0 Å². The molecule has 3 N–H and O–H groups in total. The summed E-state index contributed by atoms with van der Waals surface area (Å²) in [6, 6.07) is 8.03. The van der Waals surface area contributed by atoms with Gasteiger partial charge in [0.25, 0.3) is 5.91 Å². The van der Waals surface area contributed by atoms with E-state index in [9.17, 15) is 14.7 Å². The molecule has 0 saturated carbocycles. The summed E-state index contributed by atoms with van der Waals surface area (Å²) < 4.78 is 6.66. The molecule has 0 bridgehead atoms. The molecule has 2 unspecified atom stereocenters. The molecule has 3 rings (SSSR count). The standard InChI is InChI=1S/C17H20N4O4/c1-10-7-14(21(2)20-10)17(24)18-12-5-3-11(4-6-12)16(23)13-8-25-9-15(22)19-13/h3-7,13,16,23H,8-9H2,1-2H3,(H,18,24)(H,19,22). The molecule has 1 aliphatic rings. The van der Waals surface area contributed by atoms with Crippen molar-refractivity contribution in [2.75, 3.05) is 18.5 Å². The summed E-state index contributed by atoms with van der Waals surface area (Å²) in [5.74, 6) is -0.505. The molecular weight excluding hydrogens is 324 g/mol. The van der Waals surface area contributed by atoms with Crippen molar-refractivity contribution >= 4 is 17.5 Å². The quantitative estimate of drug-likeness (QED) is 0.750. The number of ether oxygens (including phenoxy) is 1. The maximum Gasteiger partial charge on any atom is 0.273 e. The third-order valence-corrected chi connectivity index (χ3v) is 4.00. The van der Waals surface area contributed by atoms with Crippen LogP contribution < -0.4 is 10.6 Å². The van der Waals surface area contributed by atoms with Crippen molar-refractivity contribution in [2.24, 2.45) is 7.05 Å². The molecule has 0 radical (unpaired) electrons. The monoisotopic (exact) mass is 344 g/mol. The first kappa shape index (κ1) is 17.1. The van der Waals surface area contributed by atoms with E-state index in [0.717, 1.165) is 5.69 Å². The number of aliphatic hydroxyl groups excluding tert-OH is 1. The maximum atomic E-state index is 12.3. The zero-order valence-electron chi connectivity index (χ0n) is 14.0. The topological polar surface area (TPSA) is 105 Å². The highest BCUT2D eigenvalue weighted by molar-refractivity contribution is 6.03. The summed E-state index contributed by atoms with van der Waals surface area (Å²) in [5.41, 5.74) is 2.46. The molecule has 25 heavy (non-hydrogen) atoms. The fraction of sp³-hybridized carbons (Fsp3) is 0.353. The van der Waals surface area contributed by atoms with E-state index in [1.54, 1.807) is 37.4 Å². The first-order valence-electron chi connectivity index (χ1n) is 7.91. The van der Waals surface area contributed by atoms with Crippen LogP contribution in [0, 0.1) is 6.92 Å². The van der Waals surface area contributed by atoms with E-state index in [4.69, 9.17) is 4.74 Å². The van der Waals surface area contributed by atoms with Gasteiger partial charge < -0.3 is 20.5 Å². The molecule has 132 valence electrons. The van der Waals surface area contributed by atoms with Crippen molar-refractivity contribution < 1.29 is 19.4 Å². The molecule has 8 heteroatoms. The Labute approximate surface area is 144 Å². The van der Waals surface area contributed by atoms with Crippen molar-refractivity contribution in [1.29, 1.82) is 0 Å². The largest absolute Gasteiger partial charge is 0.386 e. The zero-order chi connectivity index (χ0) is 18.0. The molecule has 0 aliphatic carbocycles. The number of nitrogens with one attached hydrogen (secondary N) is 2. The third kappa shape index (κ3) is 3.86. The average molecular weight is 344 g/mol. The van der Waals surface area contributed by atoms with Gasteiger partial charge in [-0.25, -0.2) is 0 Å². The average Bonchev–Trinajstić information content (AvgIpc) is 2.93. The molecule has 0 spiro atoms. The van der Waals surface area contributed by atoms with Gasteiger partial charge in [-0.05, 0) is 30.7 Å². The van der Waals surface area contributed by atoms with Crippen LogP contribution in [0.2, 0.25) is 0 Å². The van der Waals surface area contributed by atoms with Crippen molar-refractivity contribution in [2.45, 2.75) is 19.1 Å². The second-order valence-corrected chi connectivity index (χ2v) is 6.00. The number of hydrogen-bond acceptors (Lipinski definition) is 5. The van der Waals surface area contributed by atoms with Crippen LogP contribution in [0.5, 0.6) is 0 Å². The fourth-order valence-electron chi connectivity index (χ4n) is 2.75. The summed E-state index contributed by atoms with van der Waals surface area (Å²) in [6.07, 6.45) is -0.881. The highest BCUT2D eigenvalue weighted by atomic mass is 16.5. The zero-order valence-corrected chi connectivity index (χ0v) is 14.0. The molecule has 1 fully saturated rings. The normalized spacial score (nSPS) is 18.5. The van der Waals surface area contributed by atoms with Gasteiger partial charge in [0, 0.05) is 12.7 Å². The number of carbonyl (C=O) groups excluding carboxylic acids is 2. The van der Waals surface area contributed by atoms with E-state index < -0.39 is 12.1 Å². The predicted octanol–water partition coefficient (Wildman–Crippen LogP) is 0.529. The number of aromatic nitrogens is 2. The summed E-state index contributed by atoms with van der Waals surface area (Å²) in [6.45, 7) is 2.09. The molecule has 2 amide bonds. The van der Waals surface area contributed by atoms with Crippen LogP contribution in [0.4, 0.5) is 5.69 Å². The fourth-order valence-corrected chi connectivity index (χ4v) is 2.75. The number of rotatable bonds is 4. The Balaban J connectivity index is 1.66. The van der Waals surface area contributed by atoms with E-state index in [2.05, 4.69) is 15.7 Å². The van der Waals surface area contributed by atoms with Crippen LogP contribution in [0.3, 0.4) is 0 Å². The Bertz CT molecular complexity index is 784. The van der Waals surface area contributed by atoms with E-state index in [0.29, 0.717) is 16.9 Å². The van der Waals surface area contributed by atoms with Crippen LogP contribution in [-0.2, 0) is 16.6 Å². The molecule has 1 saturated heterocycles. The lowest BCUT2D eigenvalue weighted by Gasteiger charge is -2.28. The minimum atomic E-state index is -0.881. The van der Waals surface area contributed by atoms with E-state index in [1.807, 2.05) is 6.92 Å². The Morgan fingerprint density at radius 1 is 1.44 bits per heavy atom. The molecule has 8 nitrogen and oxygen atoms in total. The number of aliphatic hydroxyl groups is 1. The van der Waals surface area contributed by atoms with E-state index >= 15 is 0 Å². The highest BCUT2D eigenvalue weighted by Gasteiger charge is 2.26. The maximum absolute atomic E-state index is 12.3. The lowest BCUT2D eigenvalue weighted by molar-refractivity contribution is -0.133. The smallest absolute Gasteiger partial charge is 0.273 e. The number of carbonyl (C=O) groups is 2. The van der Waals surface area contributed by atoms with Crippen LogP contribution in [0.15, 0.2) is 30.3 Å². The predicted molar refractivity (Wildman–Crippen MR) is 90.0 cm³/mol. The van der Waals surface area contributed by atoms with Crippen LogP contribution >= 0.6 is 0 Å². The lowest BCUT2D eigenvalue weighted by Crippen LogP contribution is -2.48. The highest BCUT2D eigenvalue weighted by Crippen LogP contribution is 2.21. The van der Waals surface area contributed by atoms with Gasteiger partial charge in [0.1, 0.15) is 18.4 Å². The van der Waals surface area contributed by atoms with Gasteiger partial charge in [0.15, 0.2) is 0 Å². The molecule has 1 aliphatic heterocycles. The van der Waals surface area contributed by atoms with Gasteiger partial charge in [0.05, 0.1) is 18.3 Å². The Morgan fingerprint density at radius 3 is 2.76 bits per heavy atom. The number of nitrogens with zero attached hydrogens (tertiary/aromatic N) is 2. The number of anilines is 1. The van der Waals surface area contributed by atoms with Crippen LogP contribution in [0.1, 0.15) is 27.8 Å². The number of hydrogen-bond donors (Lipinski definition) is 3. The molecular formula is C17H20N4O4. The van der Waals surface area contributed by atoms with E-state index in [1.165, 1.54) is 4.68 Å². The summed E-state index contributed by atoms with van der Waals surface area (Å²) in [5, 5.41) is 20.0. The van der Waals surface area contributed by atoms with Gasteiger partial charge in [-0.2, -0.15) is 5.10 Å². The minimum Gasteiger partial charge on any atom is -0.386 e. The lowest BCUT2D eigenvalue weighted by atomic mass is 10.0. The van der Waals surface area contributed by atoms with Crippen molar-refractivity contribution in [3.05, 3.63) is 47.3 Å². The Hall–Kier alpha value is -2.71. The summed E-state index contributed by atoms with van der Waals surface area (Å²) in [4.78, 5) is 23.6. The first-order valence-corrected chi connectivity index (χ1v) is 7.91.